The third kappa shape index (κ3) is 5.25. The lowest BCUT2D eigenvalue weighted by Crippen LogP contribution is -2.41. The van der Waals surface area contributed by atoms with Crippen molar-refractivity contribution in [2.45, 2.75) is 25.9 Å². The molecular formula is C13H21N3O2. The summed E-state index contributed by atoms with van der Waals surface area (Å²) in [6, 6.07) is 4.02. The molecule has 0 saturated carbocycles. The van der Waals surface area contributed by atoms with Crippen LogP contribution < -0.4 is 10.6 Å². The fourth-order valence-electron chi connectivity index (χ4n) is 1.63. The number of rotatable bonds is 7. The van der Waals surface area contributed by atoms with Crippen molar-refractivity contribution in [2.24, 2.45) is 0 Å². The van der Waals surface area contributed by atoms with E-state index >= 15 is 0 Å². The number of hydrogen-bond donors (Lipinski definition) is 2. The Morgan fingerprint density at radius 1 is 1.39 bits per heavy atom. The zero-order valence-electron chi connectivity index (χ0n) is 11.1. The standard InChI is InChI=1S/C13H21N3O2/c1-10(9-18-3)16-13(17)8-15-11(2)12-4-6-14-7-5-12/h4-7,10-11,15H,8-9H2,1-3H3,(H,16,17)/t10?,11-/m1/s1. The minimum Gasteiger partial charge on any atom is -0.383 e. The van der Waals surface area contributed by atoms with Crippen LogP contribution in [0.3, 0.4) is 0 Å². The van der Waals surface area contributed by atoms with Crippen molar-refractivity contribution < 1.29 is 9.53 Å². The second-order valence-corrected chi connectivity index (χ2v) is 4.31. The first-order valence-corrected chi connectivity index (χ1v) is 6.05. The summed E-state index contributed by atoms with van der Waals surface area (Å²) in [6.07, 6.45) is 3.49. The van der Waals surface area contributed by atoms with Gasteiger partial charge in [0.1, 0.15) is 0 Å². The molecule has 2 N–H and O–H groups in total. The Morgan fingerprint density at radius 3 is 2.67 bits per heavy atom. The summed E-state index contributed by atoms with van der Waals surface area (Å²) in [5, 5.41) is 6.01. The summed E-state index contributed by atoms with van der Waals surface area (Å²) in [7, 11) is 1.62. The predicted octanol–water partition coefficient (Wildman–Crippen LogP) is 0.883. The van der Waals surface area contributed by atoms with E-state index in [9.17, 15) is 4.79 Å². The number of hydrogen-bond acceptors (Lipinski definition) is 4. The zero-order chi connectivity index (χ0) is 13.4. The molecule has 1 aromatic heterocycles. The molecule has 1 aromatic rings. The van der Waals surface area contributed by atoms with Gasteiger partial charge in [-0.3, -0.25) is 9.78 Å². The third-order valence-electron chi connectivity index (χ3n) is 2.60. The number of nitrogens with one attached hydrogen (secondary N) is 2. The molecule has 1 unspecified atom stereocenters. The van der Waals surface area contributed by atoms with Gasteiger partial charge in [-0.25, -0.2) is 0 Å². The third-order valence-corrected chi connectivity index (χ3v) is 2.60. The number of amides is 1. The van der Waals surface area contributed by atoms with Crippen LogP contribution in [0.25, 0.3) is 0 Å². The Kier molecular flexibility index (Phi) is 6.32. The molecule has 1 heterocycles. The van der Waals surface area contributed by atoms with Gasteiger partial charge >= 0.3 is 0 Å². The highest BCUT2D eigenvalue weighted by atomic mass is 16.5. The molecule has 1 rings (SSSR count). The molecule has 1 amide bonds. The van der Waals surface area contributed by atoms with E-state index in [4.69, 9.17) is 4.74 Å². The molecule has 0 saturated heterocycles. The average molecular weight is 251 g/mol. The van der Waals surface area contributed by atoms with Gasteiger partial charge in [0.25, 0.3) is 0 Å². The van der Waals surface area contributed by atoms with E-state index in [0.717, 1.165) is 5.56 Å². The van der Waals surface area contributed by atoms with Gasteiger partial charge in [-0.15, -0.1) is 0 Å². The van der Waals surface area contributed by atoms with Gasteiger partial charge in [0.05, 0.1) is 13.2 Å². The SMILES string of the molecule is COCC(C)NC(=O)CN[C@H](C)c1ccncc1. The molecule has 0 bridgehead atoms. The Hall–Kier alpha value is -1.46. The molecule has 5 nitrogen and oxygen atoms in total. The smallest absolute Gasteiger partial charge is 0.234 e. The number of nitrogens with zero attached hydrogens (tertiary/aromatic N) is 1. The maximum Gasteiger partial charge on any atom is 0.234 e. The molecule has 5 heteroatoms. The minimum atomic E-state index is -0.0274. The number of carbonyl (C=O) groups excluding carboxylic acids is 1. The molecule has 0 aliphatic heterocycles. The molecular weight excluding hydrogens is 230 g/mol. The Morgan fingerprint density at radius 2 is 2.06 bits per heavy atom. The van der Waals surface area contributed by atoms with E-state index in [1.54, 1.807) is 19.5 Å². The van der Waals surface area contributed by atoms with E-state index in [-0.39, 0.29) is 24.5 Å². The molecule has 100 valence electrons. The normalized spacial score (nSPS) is 13.9. The van der Waals surface area contributed by atoms with Gasteiger partial charge in [0.15, 0.2) is 0 Å². The van der Waals surface area contributed by atoms with Crippen LogP contribution in [0.4, 0.5) is 0 Å². The van der Waals surface area contributed by atoms with Gasteiger partial charge in [0.2, 0.25) is 5.91 Å². The summed E-state index contributed by atoms with van der Waals surface area (Å²) in [5.41, 5.74) is 1.11. The van der Waals surface area contributed by atoms with Crippen LogP contribution in [0.5, 0.6) is 0 Å². The maximum atomic E-state index is 11.6. The van der Waals surface area contributed by atoms with Crippen LogP contribution in [0.2, 0.25) is 0 Å². The summed E-state index contributed by atoms with van der Waals surface area (Å²) < 4.78 is 4.96. The lowest BCUT2D eigenvalue weighted by molar-refractivity contribution is -0.121. The van der Waals surface area contributed by atoms with Crippen molar-refractivity contribution >= 4 is 5.91 Å². The first kappa shape index (κ1) is 14.6. The van der Waals surface area contributed by atoms with Crippen molar-refractivity contribution in [1.82, 2.24) is 15.6 Å². The summed E-state index contributed by atoms with van der Waals surface area (Å²) >= 11 is 0. The molecule has 0 fully saturated rings. The first-order chi connectivity index (χ1) is 8.63. The monoisotopic (exact) mass is 251 g/mol. The number of pyridine rings is 1. The zero-order valence-corrected chi connectivity index (χ0v) is 11.1. The van der Waals surface area contributed by atoms with Crippen molar-refractivity contribution in [1.29, 1.82) is 0 Å². The van der Waals surface area contributed by atoms with Crippen molar-refractivity contribution in [3.05, 3.63) is 30.1 Å². The van der Waals surface area contributed by atoms with E-state index < -0.39 is 0 Å². The van der Waals surface area contributed by atoms with Crippen LogP contribution in [0.1, 0.15) is 25.5 Å². The van der Waals surface area contributed by atoms with Crippen LogP contribution in [0, 0.1) is 0 Å². The lowest BCUT2D eigenvalue weighted by atomic mass is 10.1. The summed E-state index contributed by atoms with van der Waals surface area (Å²) in [6.45, 7) is 4.73. The fraction of sp³-hybridized carbons (Fsp3) is 0.538. The molecule has 0 aliphatic rings. The Labute approximate surface area is 108 Å². The molecule has 0 aromatic carbocycles. The minimum absolute atomic E-state index is 0.0274. The average Bonchev–Trinajstić information content (AvgIpc) is 2.37. The van der Waals surface area contributed by atoms with Crippen LogP contribution in [-0.4, -0.2) is 37.2 Å². The fourth-order valence-corrected chi connectivity index (χ4v) is 1.63. The molecule has 0 aliphatic carbocycles. The largest absolute Gasteiger partial charge is 0.383 e. The van der Waals surface area contributed by atoms with Crippen molar-refractivity contribution in [3.63, 3.8) is 0 Å². The van der Waals surface area contributed by atoms with Crippen molar-refractivity contribution in [3.8, 4) is 0 Å². The highest BCUT2D eigenvalue weighted by molar-refractivity contribution is 5.78. The number of ether oxygens (including phenoxy) is 1. The predicted molar refractivity (Wildman–Crippen MR) is 70.1 cm³/mol. The van der Waals surface area contributed by atoms with E-state index in [2.05, 4.69) is 15.6 Å². The Bertz CT molecular complexity index is 357. The van der Waals surface area contributed by atoms with Crippen LogP contribution in [-0.2, 0) is 9.53 Å². The second-order valence-electron chi connectivity index (χ2n) is 4.31. The summed E-state index contributed by atoms with van der Waals surface area (Å²) in [4.78, 5) is 15.6. The van der Waals surface area contributed by atoms with E-state index in [0.29, 0.717) is 6.61 Å². The number of methoxy groups -OCH3 is 1. The Balaban J connectivity index is 2.30. The van der Waals surface area contributed by atoms with E-state index in [1.165, 1.54) is 0 Å². The maximum absolute atomic E-state index is 11.6. The highest BCUT2D eigenvalue weighted by Crippen LogP contribution is 2.09. The van der Waals surface area contributed by atoms with Gasteiger partial charge in [0, 0.05) is 31.6 Å². The topological polar surface area (TPSA) is 63.2 Å². The van der Waals surface area contributed by atoms with Gasteiger partial charge in [-0.1, -0.05) is 0 Å². The second kappa shape index (κ2) is 7.79. The van der Waals surface area contributed by atoms with E-state index in [1.807, 2.05) is 26.0 Å². The molecule has 2 atom stereocenters. The van der Waals surface area contributed by atoms with Crippen LogP contribution in [0.15, 0.2) is 24.5 Å². The first-order valence-electron chi connectivity index (χ1n) is 6.05. The molecule has 0 radical (unpaired) electrons. The van der Waals surface area contributed by atoms with Gasteiger partial charge < -0.3 is 15.4 Å². The number of aromatic nitrogens is 1. The highest BCUT2D eigenvalue weighted by Gasteiger charge is 2.09. The lowest BCUT2D eigenvalue weighted by Gasteiger charge is -2.16. The van der Waals surface area contributed by atoms with Gasteiger partial charge in [-0.2, -0.15) is 0 Å². The van der Waals surface area contributed by atoms with Crippen molar-refractivity contribution in [2.75, 3.05) is 20.3 Å². The molecule has 0 spiro atoms. The van der Waals surface area contributed by atoms with Gasteiger partial charge in [-0.05, 0) is 31.5 Å². The quantitative estimate of drug-likeness (QED) is 0.755. The molecule has 18 heavy (non-hydrogen) atoms. The van der Waals surface area contributed by atoms with Crippen LogP contribution >= 0.6 is 0 Å². The summed E-state index contributed by atoms with van der Waals surface area (Å²) in [5.74, 6) is -0.0274. The number of carbonyl (C=O) groups is 1.